The van der Waals surface area contributed by atoms with Gasteiger partial charge in [0.15, 0.2) is 0 Å². The van der Waals surface area contributed by atoms with Crippen LogP contribution in [0, 0.1) is 6.92 Å². The normalized spacial score (nSPS) is 16.1. The predicted molar refractivity (Wildman–Crippen MR) is 91.8 cm³/mol. The molecule has 0 aromatic heterocycles. The van der Waals surface area contributed by atoms with Gasteiger partial charge < -0.3 is 15.1 Å². The van der Waals surface area contributed by atoms with Gasteiger partial charge in [-0.05, 0) is 38.7 Å². The molecule has 2 rings (SSSR count). The first-order chi connectivity index (χ1) is 10.5. The van der Waals surface area contributed by atoms with Crippen LogP contribution in [0.2, 0.25) is 5.02 Å². The summed E-state index contributed by atoms with van der Waals surface area (Å²) < 4.78 is 0. The third-order valence-corrected chi connectivity index (χ3v) is 4.20. The van der Waals surface area contributed by atoms with Crippen molar-refractivity contribution < 1.29 is 4.79 Å². The van der Waals surface area contributed by atoms with Crippen molar-refractivity contribution in [1.29, 1.82) is 0 Å². The number of hydrogen-bond donors (Lipinski definition) is 1. The number of anilines is 1. The third kappa shape index (κ3) is 4.87. The zero-order valence-corrected chi connectivity index (χ0v) is 14.4. The number of urea groups is 1. The minimum atomic E-state index is -0.0439. The van der Waals surface area contributed by atoms with E-state index in [-0.39, 0.29) is 6.03 Å². The number of rotatable bonds is 4. The highest BCUT2D eigenvalue weighted by Gasteiger charge is 2.21. The van der Waals surface area contributed by atoms with Crippen LogP contribution in [0.5, 0.6) is 0 Å². The van der Waals surface area contributed by atoms with Crippen LogP contribution in [0.3, 0.4) is 0 Å². The van der Waals surface area contributed by atoms with E-state index in [4.69, 9.17) is 11.6 Å². The maximum Gasteiger partial charge on any atom is 0.321 e. The summed E-state index contributed by atoms with van der Waals surface area (Å²) in [5.74, 6) is 0. The van der Waals surface area contributed by atoms with Gasteiger partial charge in [0.25, 0.3) is 0 Å². The Morgan fingerprint density at radius 1 is 1.27 bits per heavy atom. The topological polar surface area (TPSA) is 38.8 Å². The maximum atomic E-state index is 12.3. The SMILES string of the molecule is Cc1ccc(Cl)cc1NC(=O)N1CCN(CCN(C)C)CC1. The van der Waals surface area contributed by atoms with Gasteiger partial charge in [0, 0.05) is 50.0 Å². The first kappa shape index (κ1) is 17.1. The van der Waals surface area contributed by atoms with E-state index in [0.717, 1.165) is 50.5 Å². The number of halogens is 1. The Kier molecular flexibility index (Phi) is 6.06. The van der Waals surface area contributed by atoms with Gasteiger partial charge in [0.1, 0.15) is 0 Å². The molecule has 0 unspecified atom stereocenters. The number of aryl methyl sites for hydroxylation is 1. The zero-order chi connectivity index (χ0) is 16.1. The number of amides is 2. The van der Waals surface area contributed by atoms with Crippen molar-refractivity contribution in [3.8, 4) is 0 Å². The van der Waals surface area contributed by atoms with Gasteiger partial charge in [0.05, 0.1) is 0 Å². The molecule has 1 aliphatic heterocycles. The average Bonchev–Trinajstić information content (AvgIpc) is 2.49. The molecular weight excluding hydrogens is 300 g/mol. The van der Waals surface area contributed by atoms with Gasteiger partial charge in [-0.3, -0.25) is 4.90 Å². The Hall–Kier alpha value is -1.30. The fourth-order valence-corrected chi connectivity index (χ4v) is 2.61. The molecule has 1 heterocycles. The highest BCUT2D eigenvalue weighted by atomic mass is 35.5. The molecule has 0 spiro atoms. The second-order valence-corrected chi connectivity index (χ2v) is 6.46. The molecule has 0 radical (unpaired) electrons. The number of piperazine rings is 1. The maximum absolute atomic E-state index is 12.3. The lowest BCUT2D eigenvalue weighted by atomic mass is 10.2. The smallest absolute Gasteiger partial charge is 0.321 e. The van der Waals surface area contributed by atoms with Gasteiger partial charge >= 0.3 is 6.03 Å². The summed E-state index contributed by atoms with van der Waals surface area (Å²) in [6.45, 7) is 7.44. The van der Waals surface area contributed by atoms with Crippen LogP contribution in [0.1, 0.15) is 5.56 Å². The second kappa shape index (κ2) is 7.81. The molecule has 6 heteroatoms. The molecule has 0 aliphatic carbocycles. The van der Waals surface area contributed by atoms with Crippen molar-refractivity contribution in [1.82, 2.24) is 14.7 Å². The highest BCUT2D eigenvalue weighted by molar-refractivity contribution is 6.31. The van der Waals surface area contributed by atoms with Gasteiger partial charge in [-0.1, -0.05) is 17.7 Å². The van der Waals surface area contributed by atoms with E-state index in [1.807, 2.05) is 24.0 Å². The average molecular weight is 325 g/mol. The molecule has 122 valence electrons. The molecule has 1 aromatic rings. The molecule has 1 saturated heterocycles. The summed E-state index contributed by atoms with van der Waals surface area (Å²) in [5, 5.41) is 3.60. The summed E-state index contributed by atoms with van der Waals surface area (Å²) in [6.07, 6.45) is 0. The van der Waals surface area contributed by atoms with Gasteiger partial charge in [-0.25, -0.2) is 4.79 Å². The minimum absolute atomic E-state index is 0.0439. The first-order valence-corrected chi connectivity index (χ1v) is 8.02. The molecule has 5 nitrogen and oxygen atoms in total. The summed E-state index contributed by atoms with van der Waals surface area (Å²) in [6, 6.07) is 5.49. The molecule has 1 fully saturated rings. The molecule has 22 heavy (non-hydrogen) atoms. The van der Waals surface area contributed by atoms with Crippen molar-refractivity contribution in [2.75, 3.05) is 58.7 Å². The van der Waals surface area contributed by atoms with E-state index in [1.54, 1.807) is 6.07 Å². The standard InChI is InChI=1S/C16H25ClN4O/c1-13-4-5-14(17)12-15(13)18-16(22)21-10-8-20(9-11-21)7-6-19(2)3/h4-5,12H,6-11H2,1-3H3,(H,18,22). The lowest BCUT2D eigenvalue weighted by Gasteiger charge is -2.35. The van der Waals surface area contributed by atoms with Gasteiger partial charge in [-0.2, -0.15) is 0 Å². The fraction of sp³-hybridized carbons (Fsp3) is 0.562. The van der Waals surface area contributed by atoms with Crippen molar-refractivity contribution in [2.45, 2.75) is 6.92 Å². The summed E-state index contributed by atoms with van der Waals surface area (Å²) in [5.41, 5.74) is 1.80. The number of carbonyl (C=O) groups is 1. The molecule has 1 aromatic carbocycles. The Labute approximate surface area is 137 Å². The fourth-order valence-electron chi connectivity index (χ4n) is 2.44. The van der Waals surface area contributed by atoms with E-state index in [9.17, 15) is 4.79 Å². The van der Waals surface area contributed by atoms with E-state index >= 15 is 0 Å². The van der Waals surface area contributed by atoms with Gasteiger partial charge in [-0.15, -0.1) is 0 Å². The number of benzene rings is 1. The van der Waals surface area contributed by atoms with Crippen LogP contribution in [0.15, 0.2) is 18.2 Å². The van der Waals surface area contributed by atoms with Crippen molar-refractivity contribution in [3.63, 3.8) is 0 Å². The molecule has 1 aliphatic rings. The van der Waals surface area contributed by atoms with Crippen molar-refractivity contribution in [3.05, 3.63) is 28.8 Å². The number of nitrogens with zero attached hydrogens (tertiary/aromatic N) is 3. The number of likely N-dealkylation sites (N-methyl/N-ethyl adjacent to an activating group) is 1. The Bertz CT molecular complexity index is 513. The van der Waals surface area contributed by atoms with Crippen molar-refractivity contribution >= 4 is 23.3 Å². The second-order valence-electron chi connectivity index (χ2n) is 6.02. The van der Waals surface area contributed by atoms with E-state index < -0.39 is 0 Å². The molecule has 0 atom stereocenters. The van der Waals surface area contributed by atoms with Crippen LogP contribution in [-0.2, 0) is 0 Å². The van der Waals surface area contributed by atoms with E-state index in [1.165, 1.54) is 0 Å². The zero-order valence-electron chi connectivity index (χ0n) is 13.6. The Balaban J connectivity index is 1.83. The van der Waals surface area contributed by atoms with E-state index in [0.29, 0.717) is 5.02 Å². The number of hydrogen-bond acceptors (Lipinski definition) is 3. The van der Waals surface area contributed by atoms with Crippen LogP contribution in [-0.4, -0.2) is 74.1 Å². The van der Waals surface area contributed by atoms with Crippen LogP contribution in [0.25, 0.3) is 0 Å². The quantitative estimate of drug-likeness (QED) is 0.924. The number of nitrogens with one attached hydrogen (secondary N) is 1. The molecule has 2 amide bonds. The molecular formula is C16H25ClN4O. The monoisotopic (exact) mass is 324 g/mol. The lowest BCUT2D eigenvalue weighted by Crippen LogP contribution is -2.51. The summed E-state index contributed by atoms with van der Waals surface area (Å²) in [4.78, 5) is 18.8. The Morgan fingerprint density at radius 2 is 1.95 bits per heavy atom. The van der Waals surface area contributed by atoms with E-state index in [2.05, 4.69) is 29.2 Å². The largest absolute Gasteiger partial charge is 0.322 e. The predicted octanol–water partition coefficient (Wildman–Crippen LogP) is 2.36. The summed E-state index contributed by atoms with van der Waals surface area (Å²) in [7, 11) is 4.16. The first-order valence-electron chi connectivity index (χ1n) is 7.65. The van der Waals surface area contributed by atoms with Crippen LogP contribution < -0.4 is 5.32 Å². The highest BCUT2D eigenvalue weighted by Crippen LogP contribution is 2.20. The molecule has 1 N–H and O–H groups in total. The lowest BCUT2D eigenvalue weighted by molar-refractivity contribution is 0.140. The van der Waals surface area contributed by atoms with Gasteiger partial charge in [0.2, 0.25) is 0 Å². The number of carbonyl (C=O) groups excluding carboxylic acids is 1. The van der Waals surface area contributed by atoms with Crippen LogP contribution in [0.4, 0.5) is 10.5 Å². The third-order valence-electron chi connectivity index (χ3n) is 3.96. The van der Waals surface area contributed by atoms with Crippen LogP contribution >= 0.6 is 11.6 Å². The Morgan fingerprint density at radius 3 is 2.59 bits per heavy atom. The van der Waals surface area contributed by atoms with Crippen molar-refractivity contribution in [2.24, 2.45) is 0 Å². The summed E-state index contributed by atoms with van der Waals surface area (Å²) >= 11 is 5.99. The molecule has 0 bridgehead atoms. The minimum Gasteiger partial charge on any atom is -0.322 e. The molecule has 0 saturated carbocycles.